The fourth-order valence-electron chi connectivity index (χ4n) is 2.69. The quantitative estimate of drug-likeness (QED) is 0.490. The zero-order valence-corrected chi connectivity index (χ0v) is 15.0. The van der Waals surface area contributed by atoms with Gasteiger partial charge in [0, 0.05) is 30.4 Å². The zero-order chi connectivity index (χ0) is 17.9. The minimum Gasteiger partial charge on any atom is -0.497 e. The van der Waals surface area contributed by atoms with Crippen LogP contribution in [-0.4, -0.2) is 36.6 Å². The molecule has 0 atom stereocenters. The molecule has 0 aliphatic heterocycles. The second-order valence-corrected chi connectivity index (χ2v) is 6.63. The fraction of sp³-hybridized carbons (Fsp3) is 0.167. The predicted molar refractivity (Wildman–Crippen MR) is 100 cm³/mol. The number of hydrogen-bond acceptors (Lipinski definition) is 5. The Bertz CT molecular complexity index is 1100. The summed E-state index contributed by atoms with van der Waals surface area (Å²) in [5.41, 5.74) is 1.51. The topological polar surface area (TPSA) is 66.3 Å². The number of ether oxygens (including phenoxy) is 1. The molecule has 0 bridgehead atoms. The van der Waals surface area contributed by atoms with Crippen molar-refractivity contribution in [3.05, 3.63) is 71.5 Å². The standard InChI is InChI=1S/C18H17N5O2S/c1-25-15-6-4-5-14(13-15)21-10-8-19-17(21)26-12-11-23-18(24)22-9-3-2-7-16(22)20-23/h2-10,13H,11-12H2,1H3. The molecule has 0 saturated carbocycles. The molecule has 132 valence electrons. The van der Waals surface area contributed by atoms with Gasteiger partial charge in [-0.1, -0.05) is 23.9 Å². The molecule has 3 heterocycles. The molecule has 0 radical (unpaired) electrons. The lowest BCUT2D eigenvalue weighted by atomic mass is 10.3. The molecule has 4 rings (SSSR count). The number of rotatable bonds is 6. The van der Waals surface area contributed by atoms with Crippen molar-refractivity contribution in [2.24, 2.45) is 0 Å². The number of fused-ring (bicyclic) bond motifs is 1. The minimum atomic E-state index is -0.127. The number of hydrogen-bond donors (Lipinski definition) is 0. The molecule has 26 heavy (non-hydrogen) atoms. The van der Waals surface area contributed by atoms with Gasteiger partial charge < -0.3 is 4.74 Å². The van der Waals surface area contributed by atoms with Crippen LogP contribution in [0.25, 0.3) is 11.3 Å². The first-order valence-electron chi connectivity index (χ1n) is 8.11. The van der Waals surface area contributed by atoms with Crippen molar-refractivity contribution in [3.8, 4) is 11.4 Å². The number of thioether (sulfide) groups is 1. The molecule has 0 saturated heterocycles. The maximum atomic E-state index is 12.3. The van der Waals surface area contributed by atoms with Crippen LogP contribution >= 0.6 is 11.8 Å². The maximum Gasteiger partial charge on any atom is 0.350 e. The van der Waals surface area contributed by atoms with Crippen LogP contribution in [0.1, 0.15) is 0 Å². The summed E-state index contributed by atoms with van der Waals surface area (Å²) in [5.74, 6) is 1.48. The van der Waals surface area contributed by atoms with Gasteiger partial charge in [0.1, 0.15) is 5.75 Å². The van der Waals surface area contributed by atoms with Crippen LogP contribution in [-0.2, 0) is 6.54 Å². The van der Waals surface area contributed by atoms with Crippen LogP contribution in [0.3, 0.4) is 0 Å². The smallest absolute Gasteiger partial charge is 0.350 e. The molecule has 0 N–H and O–H groups in total. The molecule has 0 unspecified atom stereocenters. The second-order valence-electron chi connectivity index (χ2n) is 5.56. The van der Waals surface area contributed by atoms with Crippen molar-refractivity contribution >= 4 is 17.4 Å². The van der Waals surface area contributed by atoms with Crippen LogP contribution in [0.5, 0.6) is 5.75 Å². The molecule has 0 spiro atoms. The second kappa shape index (κ2) is 7.09. The Kier molecular flexibility index (Phi) is 4.49. The summed E-state index contributed by atoms with van der Waals surface area (Å²) in [6, 6.07) is 13.3. The summed E-state index contributed by atoms with van der Waals surface area (Å²) < 4.78 is 10.3. The fourth-order valence-corrected chi connectivity index (χ4v) is 3.58. The Balaban J connectivity index is 1.49. The van der Waals surface area contributed by atoms with Gasteiger partial charge in [-0.2, -0.15) is 0 Å². The third-order valence-corrected chi connectivity index (χ3v) is 4.91. The first-order chi connectivity index (χ1) is 12.8. The highest BCUT2D eigenvalue weighted by molar-refractivity contribution is 7.99. The summed E-state index contributed by atoms with van der Waals surface area (Å²) in [6.45, 7) is 0.510. The molecule has 8 heteroatoms. The van der Waals surface area contributed by atoms with E-state index in [0.29, 0.717) is 17.9 Å². The van der Waals surface area contributed by atoms with Crippen molar-refractivity contribution in [1.82, 2.24) is 23.7 Å². The number of imidazole rings is 1. The lowest BCUT2D eigenvalue weighted by Crippen LogP contribution is -2.22. The monoisotopic (exact) mass is 367 g/mol. The van der Waals surface area contributed by atoms with Crippen molar-refractivity contribution in [1.29, 1.82) is 0 Å². The summed E-state index contributed by atoms with van der Waals surface area (Å²) in [6.07, 6.45) is 5.40. The van der Waals surface area contributed by atoms with Crippen LogP contribution in [0.15, 0.2) is 71.0 Å². The average molecular weight is 367 g/mol. The minimum absolute atomic E-state index is 0.127. The van der Waals surface area contributed by atoms with Gasteiger partial charge in [-0.3, -0.25) is 8.97 Å². The van der Waals surface area contributed by atoms with E-state index in [1.807, 2.05) is 53.2 Å². The van der Waals surface area contributed by atoms with E-state index in [2.05, 4.69) is 10.1 Å². The first kappa shape index (κ1) is 16.5. The Morgan fingerprint density at radius 2 is 2.08 bits per heavy atom. The van der Waals surface area contributed by atoms with Crippen LogP contribution in [0.4, 0.5) is 0 Å². The van der Waals surface area contributed by atoms with Crippen LogP contribution in [0, 0.1) is 0 Å². The van der Waals surface area contributed by atoms with E-state index < -0.39 is 0 Å². The van der Waals surface area contributed by atoms with Crippen molar-refractivity contribution < 1.29 is 4.74 Å². The van der Waals surface area contributed by atoms with E-state index in [9.17, 15) is 4.79 Å². The van der Waals surface area contributed by atoms with Gasteiger partial charge in [0.2, 0.25) is 0 Å². The number of nitrogens with zero attached hydrogens (tertiary/aromatic N) is 5. The average Bonchev–Trinajstić information content (AvgIpc) is 3.27. The normalized spacial score (nSPS) is 11.1. The van der Waals surface area contributed by atoms with Gasteiger partial charge in [-0.25, -0.2) is 14.5 Å². The molecular weight excluding hydrogens is 350 g/mol. The summed E-state index contributed by atoms with van der Waals surface area (Å²) in [5, 5.41) is 5.20. The van der Waals surface area contributed by atoms with Gasteiger partial charge in [0.25, 0.3) is 0 Å². The van der Waals surface area contributed by atoms with Gasteiger partial charge in [0.05, 0.1) is 19.3 Å². The molecule has 0 fully saturated rings. The first-order valence-corrected chi connectivity index (χ1v) is 9.09. The Labute approximate surface area is 153 Å². The number of benzene rings is 1. The molecule has 0 amide bonds. The predicted octanol–water partition coefficient (Wildman–Crippen LogP) is 2.48. The molecule has 1 aromatic carbocycles. The molecule has 0 aliphatic rings. The van der Waals surface area contributed by atoms with E-state index in [1.54, 1.807) is 35.7 Å². The van der Waals surface area contributed by atoms with Gasteiger partial charge >= 0.3 is 5.69 Å². The number of aromatic nitrogens is 5. The van der Waals surface area contributed by atoms with Gasteiger partial charge in [-0.05, 0) is 24.3 Å². The summed E-state index contributed by atoms with van der Waals surface area (Å²) >= 11 is 1.58. The molecular formula is C18H17N5O2S. The highest BCUT2D eigenvalue weighted by atomic mass is 32.2. The lowest BCUT2D eigenvalue weighted by molar-refractivity contribution is 0.414. The Hall–Kier alpha value is -3.00. The highest BCUT2D eigenvalue weighted by Crippen LogP contribution is 2.23. The maximum absolute atomic E-state index is 12.3. The van der Waals surface area contributed by atoms with Crippen molar-refractivity contribution in [2.45, 2.75) is 11.7 Å². The van der Waals surface area contributed by atoms with Crippen LogP contribution < -0.4 is 10.4 Å². The lowest BCUT2D eigenvalue weighted by Gasteiger charge is -2.08. The Morgan fingerprint density at radius 1 is 1.15 bits per heavy atom. The van der Waals surface area contributed by atoms with Crippen molar-refractivity contribution in [2.75, 3.05) is 12.9 Å². The number of methoxy groups -OCH3 is 1. The molecule has 0 aliphatic carbocycles. The SMILES string of the molecule is COc1cccc(-n2ccnc2SCCn2nc3ccccn3c2=O)c1. The summed E-state index contributed by atoms with van der Waals surface area (Å²) in [4.78, 5) is 16.7. The molecule has 7 nitrogen and oxygen atoms in total. The molecule has 3 aromatic heterocycles. The van der Waals surface area contributed by atoms with E-state index in [1.165, 1.54) is 4.68 Å². The van der Waals surface area contributed by atoms with Crippen LogP contribution in [0.2, 0.25) is 0 Å². The van der Waals surface area contributed by atoms with Crippen molar-refractivity contribution in [3.63, 3.8) is 0 Å². The third-order valence-electron chi connectivity index (χ3n) is 3.96. The zero-order valence-electron chi connectivity index (χ0n) is 14.1. The summed E-state index contributed by atoms with van der Waals surface area (Å²) in [7, 11) is 1.65. The molecule has 4 aromatic rings. The Morgan fingerprint density at radius 3 is 2.92 bits per heavy atom. The van der Waals surface area contributed by atoms with E-state index in [4.69, 9.17) is 4.74 Å². The van der Waals surface area contributed by atoms with E-state index >= 15 is 0 Å². The number of aryl methyl sites for hydroxylation is 1. The highest BCUT2D eigenvalue weighted by Gasteiger charge is 2.09. The van der Waals surface area contributed by atoms with E-state index in [-0.39, 0.29) is 5.69 Å². The van der Waals surface area contributed by atoms with Gasteiger partial charge in [0.15, 0.2) is 10.8 Å². The number of pyridine rings is 1. The van der Waals surface area contributed by atoms with E-state index in [0.717, 1.165) is 16.6 Å². The largest absolute Gasteiger partial charge is 0.497 e. The third kappa shape index (κ3) is 3.11. The van der Waals surface area contributed by atoms with Gasteiger partial charge in [-0.15, -0.1) is 5.10 Å².